The molecule has 1 aromatic rings. The van der Waals surface area contributed by atoms with Crippen molar-refractivity contribution in [1.82, 2.24) is 20.5 Å². The van der Waals surface area contributed by atoms with E-state index in [1.54, 1.807) is 11.8 Å². The molecule has 0 atom stereocenters. The number of nitrogens with one attached hydrogen (secondary N) is 2. The first-order valence-corrected chi connectivity index (χ1v) is 8.86. The van der Waals surface area contributed by atoms with Gasteiger partial charge in [0.15, 0.2) is 0 Å². The van der Waals surface area contributed by atoms with Crippen molar-refractivity contribution in [3.8, 4) is 0 Å². The quantitative estimate of drug-likeness (QED) is 0.799. The van der Waals surface area contributed by atoms with Crippen LogP contribution in [0.2, 0.25) is 5.02 Å². The van der Waals surface area contributed by atoms with Gasteiger partial charge in [-0.2, -0.15) is 13.2 Å². The zero-order valence-electron chi connectivity index (χ0n) is 14.8. The fourth-order valence-electron chi connectivity index (χ4n) is 2.73. The standard InChI is InChI=1S/C16H21ClF3N5O2/c1-2-21-15(27)23-13(26)10-24-4-3-5-25(7-6-24)14-12(17)8-11(9-22-14)16(18,19)20/h8-9H,2-7,10H2,1H3,(H2,21,23,26,27). The highest BCUT2D eigenvalue weighted by molar-refractivity contribution is 6.33. The Kier molecular flexibility index (Phi) is 7.25. The lowest BCUT2D eigenvalue weighted by molar-refractivity contribution is -0.137. The maximum Gasteiger partial charge on any atom is 0.417 e. The number of imide groups is 1. The SMILES string of the molecule is CCNC(=O)NC(=O)CN1CCCN(c2ncc(C(F)(F)F)cc2Cl)CC1. The number of nitrogens with zero attached hydrogens (tertiary/aromatic N) is 3. The van der Waals surface area contributed by atoms with Crippen LogP contribution in [0.5, 0.6) is 0 Å². The minimum Gasteiger partial charge on any atom is -0.354 e. The second-order valence-electron chi connectivity index (χ2n) is 6.05. The van der Waals surface area contributed by atoms with Crippen molar-refractivity contribution in [3.05, 3.63) is 22.8 Å². The zero-order valence-corrected chi connectivity index (χ0v) is 15.5. The van der Waals surface area contributed by atoms with Gasteiger partial charge in [0.2, 0.25) is 5.91 Å². The average Bonchev–Trinajstić information content (AvgIpc) is 2.79. The predicted octanol–water partition coefficient (Wildman–Crippen LogP) is 2.11. The first-order valence-electron chi connectivity index (χ1n) is 8.48. The summed E-state index contributed by atoms with van der Waals surface area (Å²) in [5, 5.41) is 4.65. The Morgan fingerprint density at radius 2 is 2.00 bits per heavy atom. The van der Waals surface area contributed by atoms with E-state index in [4.69, 9.17) is 11.6 Å². The van der Waals surface area contributed by atoms with Gasteiger partial charge < -0.3 is 10.2 Å². The van der Waals surface area contributed by atoms with Crippen molar-refractivity contribution >= 4 is 29.4 Å². The molecular formula is C16H21ClF3N5O2. The number of hydrogen-bond acceptors (Lipinski definition) is 5. The smallest absolute Gasteiger partial charge is 0.354 e. The van der Waals surface area contributed by atoms with Crippen molar-refractivity contribution in [2.45, 2.75) is 19.5 Å². The lowest BCUT2D eigenvalue weighted by Gasteiger charge is -2.23. The number of carbonyl (C=O) groups excluding carboxylic acids is 2. The molecule has 1 aliphatic heterocycles. The van der Waals surface area contributed by atoms with Gasteiger partial charge in [0.25, 0.3) is 0 Å². The normalized spacial score (nSPS) is 16.0. The van der Waals surface area contributed by atoms with Gasteiger partial charge in [-0.05, 0) is 19.4 Å². The van der Waals surface area contributed by atoms with Crippen LogP contribution in [-0.2, 0) is 11.0 Å². The highest BCUT2D eigenvalue weighted by atomic mass is 35.5. The van der Waals surface area contributed by atoms with E-state index < -0.39 is 23.7 Å². The number of halogens is 4. The number of anilines is 1. The highest BCUT2D eigenvalue weighted by Crippen LogP contribution is 2.33. The first-order chi connectivity index (χ1) is 12.7. The van der Waals surface area contributed by atoms with Crippen LogP contribution in [0.4, 0.5) is 23.8 Å². The third-order valence-electron chi connectivity index (χ3n) is 3.99. The molecule has 3 amide bonds. The largest absolute Gasteiger partial charge is 0.417 e. The van der Waals surface area contributed by atoms with Crippen molar-refractivity contribution < 1.29 is 22.8 Å². The molecule has 0 aliphatic carbocycles. The number of alkyl halides is 3. The Morgan fingerprint density at radius 1 is 1.26 bits per heavy atom. The van der Waals surface area contributed by atoms with Crippen LogP contribution in [0.15, 0.2) is 12.3 Å². The molecule has 7 nitrogen and oxygen atoms in total. The molecule has 2 N–H and O–H groups in total. The summed E-state index contributed by atoms with van der Waals surface area (Å²) in [6.07, 6.45) is -3.06. The van der Waals surface area contributed by atoms with E-state index in [9.17, 15) is 22.8 Å². The van der Waals surface area contributed by atoms with Crippen LogP contribution in [0.1, 0.15) is 18.9 Å². The fourth-order valence-corrected chi connectivity index (χ4v) is 3.02. The van der Waals surface area contributed by atoms with Gasteiger partial charge in [0, 0.05) is 38.9 Å². The van der Waals surface area contributed by atoms with Gasteiger partial charge in [-0.15, -0.1) is 0 Å². The first kappa shape index (κ1) is 21.2. The fraction of sp³-hybridized carbons (Fsp3) is 0.562. The van der Waals surface area contributed by atoms with Crippen LogP contribution in [-0.4, -0.2) is 61.1 Å². The van der Waals surface area contributed by atoms with Crippen LogP contribution in [0.25, 0.3) is 0 Å². The molecule has 0 spiro atoms. The molecule has 1 aliphatic rings. The van der Waals surface area contributed by atoms with Crippen molar-refractivity contribution in [1.29, 1.82) is 0 Å². The Bertz CT molecular complexity index is 687. The second-order valence-corrected chi connectivity index (χ2v) is 6.46. The summed E-state index contributed by atoms with van der Waals surface area (Å²) in [5.74, 6) is -0.127. The predicted molar refractivity (Wildman–Crippen MR) is 94.7 cm³/mol. The van der Waals surface area contributed by atoms with Crippen LogP contribution in [0, 0.1) is 0 Å². The third-order valence-corrected chi connectivity index (χ3v) is 4.27. The molecule has 150 valence electrons. The van der Waals surface area contributed by atoms with E-state index in [1.165, 1.54) is 0 Å². The molecule has 1 aromatic heterocycles. The number of hydrogen-bond donors (Lipinski definition) is 2. The van der Waals surface area contributed by atoms with Crippen molar-refractivity contribution in [2.75, 3.05) is 44.2 Å². The van der Waals surface area contributed by atoms with Gasteiger partial charge in [-0.1, -0.05) is 11.6 Å². The van der Waals surface area contributed by atoms with Gasteiger partial charge in [0.1, 0.15) is 5.82 Å². The van der Waals surface area contributed by atoms with E-state index in [0.717, 1.165) is 12.3 Å². The molecule has 1 fully saturated rings. The lowest BCUT2D eigenvalue weighted by Crippen LogP contribution is -2.45. The Balaban J connectivity index is 1.95. The van der Waals surface area contributed by atoms with E-state index in [1.807, 2.05) is 4.90 Å². The summed E-state index contributed by atoms with van der Waals surface area (Å²) < 4.78 is 38.2. The summed E-state index contributed by atoms with van der Waals surface area (Å²) in [4.78, 5) is 30.8. The maximum atomic E-state index is 12.7. The number of amides is 3. The van der Waals surface area contributed by atoms with E-state index in [-0.39, 0.29) is 11.6 Å². The molecule has 2 rings (SSSR count). The molecule has 0 radical (unpaired) electrons. The molecule has 2 heterocycles. The molecule has 11 heteroatoms. The number of carbonyl (C=O) groups is 2. The van der Waals surface area contributed by atoms with Crippen LogP contribution >= 0.6 is 11.6 Å². The molecule has 0 bridgehead atoms. The molecule has 27 heavy (non-hydrogen) atoms. The average molecular weight is 408 g/mol. The summed E-state index contributed by atoms with van der Waals surface area (Å²) in [6.45, 7) is 4.31. The molecule has 0 unspecified atom stereocenters. The Morgan fingerprint density at radius 3 is 2.63 bits per heavy atom. The second kappa shape index (κ2) is 9.23. The van der Waals surface area contributed by atoms with E-state index >= 15 is 0 Å². The van der Waals surface area contributed by atoms with Crippen LogP contribution in [0.3, 0.4) is 0 Å². The van der Waals surface area contributed by atoms with E-state index in [2.05, 4.69) is 15.6 Å². The van der Waals surface area contributed by atoms with Crippen molar-refractivity contribution in [2.24, 2.45) is 0 Å². The van der Waals surface area contributed by atoms with Crippen molar-refractivity contribution in [3.63, 3.8) is 0 Å². The topological polar surface area (TPSA) is 77.6 Å². The van der Waals surface area contributed by atoms with Gasteiger partial charge in [0.05, 0.1) is 17.1 Å². The lowest BCUT2D eigenvalue weighted by atomic mass is 10.2. The summed E-state index contributed by atoms with van der Waals surface area (Å²) in [7, 11) is 0. The molecule has 0 saturated carbocycles. The Labute approximate surface area is 159 Å². The number of pyridine rings is 1. The van der Waals surface area contributed by atoms with E-state index in [0.29, 0.717) is 45.0 Å². The maximum absolute atomic E-state index is 12.7. The summed E-state index contributed by atoms with van der Waals surface area (Å²) in [5.41, 5.74) is -0.894. The third kappa shape index (κ3) is 6.24. The Hall–Kier alpha value is -2.07. The van der Waals surface area contributed by atoms with Gasteiger partial charge >= 0.3 is 12.2 Å². The minimum absolute atomic E-state index is 0.0547. The molecule has 0 aromatic carbocycles. The number of aromatic nitrogens is 1. The zero-order chi connectivity index (χ0) is 20.0. The summed E-state index contributed by atoms with van der Waals surface area (Å²) in [6, 6.07) is 0.325. The monoisotopic (exact) mass is 407 g/mol. The van der Waals surface area contributed by atoms with Crippen LogP contribution < -0.4 is 15.5 Å². The molecular weight excluding hydrogens is 387 g/mol. The molecule has 1 saturated heterocycles. The summed E-state index contributed by atoms with van der Waals surface area (Å²) >= 11 is 6.00. The van der Waals surface area contributed by atoms with Gasteiger partial charge in [-0.3, -0.25) is 15.0 Å². The van der Waals surface area contributed by atoms with Gasteiger partial charge in [-0.25, -0.2) is 9.78 Å². The highest BCUT2D eigenvalue weighted by Gasteiger charge is 2.32. The number of rotatable bonds is 4. The minimum atomic E-state index is -4.50. The number of urea groups is 1.